The first-order chi connectivity index (χ1) is 62.9. The summed E-state index contributed by atoms with van der Waals surface area (Å²) < 4.78 is 273. The molecule has 0 atom stereocenters. The second kappa shape index (κ2) is 51.8. The first-order valence-electron chi connectivity index (χ1n) is 39.0. The minimum Gasteiger partial charge on any atom is -0.710 e. The summed E-state index contributed by atoms with van der Waals surface area (Å²) in [7, 11) is -8.89. The van der Waals surface area contributed by atoms with Gasteiger partial charge in [-0.2, -0.15) is 61.1 Å². The molecule has 0 aliphatic carbocycles. The molecule has 11 aromatic rings. The summed E-state index contributed by atoms with van der Waals surface area (Å²) in [5, 5.41) is 46.6. The third-order valence-electron chi connectivity index (χ3n) is 17.6. The molecule has 135 heavy (non-hydrogen) atoms. The molecule has 0 aromatic heterocycles. The maximum absolute atomic E-state index is 13.3. The Hall–Kier alpha value is -12.6. The van der Waals surface area contributed by atoms with E-state index in [1.807, 2.05) is 6.92 Å². The first-order valence-corrected chi connectivity index (χ1v) is 44.1. The van der Waals surface area contributed by atoms with Crippen molar-refractivity contribution in [2.24, 2.45) is 0 Å². The molecule has 0 fully saturated rings. The van der Waals surface area contributed by atoms with Gasteiger partial charge in [0.2, 0.25) is 19.7 Å². The number of rotatable bonds is 29. The third-order valence-corrected chi connectivity index (χ3v) is 22.6. The topological polar surface area (TPSA) is 384 Å². The van der Waals surface area contributed by atoms with Crippen LogP contribution in [-0.2, 0) is 128 Å². The number of sulfone groups is 2. The fraction of sp³-hybridized carbons (Fsp3) is 0.228. The summed E-state index contributed by atoms with van der Waals surface area (Å²) in [4.78, 5) is 56.1. The Labute approximate surface area is 793 Å². The number of carboxylic acid groups (broad SMARTS) is 1. The SMILES string of the molecule is CCOc1cc(CC(=O)O)cc(S(=O)(=O)c2cccc(-c3ccc(C(F)(F)F)cc3)c2)c1.CCOc1cc(CC(=O)OC)cc(OS(=O)(=O)C(F)(F)F)c1.CCOc1cc(CC(=O)OC)cc(S(=O)(=O)c2cccc(-c3ccc(C(F)(F)F)cc3)c2)c1.CCOc1cc(O)cc(CC(=O)OC)c1.COC(=O)Cc1cc(O)cc(O)c1.[Na+].[O-]OSc1cccc(-c2ccc(C(F)(F)F)cc2)c1. The van der Waals surface area contributed by atoms with E-state index >= 15 is 0 Å². The monoisotopic (exact) mass is 1980 g/mol. The van der Waals surface area contributed by atoms with Gasteiger partial charge in [-0.25, -0.2) is 16.8 Å². The molecular weight excluding hydrogens is 1900 g/mol. The van der Waals surface area contributed by atoms with Gasteiger partial charge in [0.15, 0.2) is 0 Å². The Kier molecular flexibility index (Phi) is 43.3. The number of aliphatic carboxylic acids is 1. The Morgan fingerprint density at radius 3 is 0.941 bits per heavy atom. The summed E-state index contributed by atoms with van der Waals surface area (Å²) in [6, 6.07) is 52.7. The smallest absolute Gasteiger partial charge is 0.710 e. The molecule has 0 aliphatic rings. The van der Waals surface area contributed by atoms with Gasteiger partial charge in [0.1, 0.15) is 46.0 Å². The van der Waals surface area contributed by atoms with Crippen LogP contribution in [0.4, 0.5) is 52.7 Å². The van der Waals surface area contributed by atoms with Crippen molar-refractivity contribution < 1.29 is 204 Å². The molecule has 0 radical (unpaired) electrons. The molecule has 0 bridgehead atoms. The summed E-state index contributed by atoms with van der Waals surface area (Å²) >= 11 is 0.656. The van der Waals surface area contributed by atoms with E-state index in [9.17, 15) is 112 Å². The Morgan fingerprint density at radius 2 is 0.622 bits per heavy atom. The normalized spacial score (nSPS) is 11.3. The van der Waals surface area contributed by atoms with Crippen LogP contribution in [0.15, 0.2) is 261 Å². The number of phenolic OH excluding ortho intramolecular Hbond substituents is 3. The first kappa shape index (κ1) is 113. The number of ether oxygens (including phenoxy) is 8. The van der Waals surface area contributed by atoms with E-state index in [1.54, 1.807) is 69.3 Å². The number of carboxylic acids is 1. The van der Waals surface area contributed by atoms with Gasteiger partial charge in [-0.3, -0.25) is 24.0 Å². The van der Waals surface area contributed by atoms with Crippen LogP contribution in [0.2, 0.25) is 0 Å². The van der Waals surface area contributed by atoms with E-state index in [2.05, 4.69) is 27.5 Å². The van der Waals surface area contributed by atoms with E-state index in [1.165, 1.54) is 161 Å². The maximum Gasteiger partial charge on any atom is 1.00 e. The van der Waals surface area contributed by atoms with E-state index in [0.717, 1.165) is 61.2 Å². The average molecular weight is 1990 g/mol. The van der Waals surface area contributed by atoms with Gasteiger partial charge >= 0.3 is 93.6 Å². The Balaban J connectivity index is 0.000000295. The standard InChI is InChI=1S/C24H21F3O5S.C23H19F3O5S.C13H9F3O2S.C12H13F3O6S.C11H14O4.C9H10O4.Na/c1-3-32-20-11-16(13-23(28)31-2)12-22(15-20)33(29,30)21-6-4-5-18(14-21)17-7-9-19(10-8-17)24(25,26)27;1-2-31-19-10-15(12-22(27)28)11-21(14-19)32(29,30)20-5-3-4-17(13-20)16-6-8-18(9-7-16)23(24,25)26;14-13(15,16)11-6-4-9(5-7-11)10-2-1-3-12(8-10)19-18-17;1-3-20-9-4-8(6-11(16)19-2)5-10(7-9)21-22(17,18)12(13,14)15;1-3-15-10-5-8(4-9(12)7-10)6-11(13)14-2;1-13-9(12)4-6-2-7(10)5-8(11)3-6;/h4-12,14-15H,3,13H2,1-2H3;3-11,13-14H,2,12H2,1H3,(H,27,28);1-8,17H;4-5,7H,3,6H2,1-2H3;4-5,7,12H,3,6H2,1-2H3;2-3,5,10-11H,4H2,1H3;/q;;;;;;+1/p-1. The van der Waals surface area contributed by atoms with Crippen molar-refractivity contribution >= 4 is 71.7 Å². The third kappa shape index (κ3) is 36.3. The van der Waals surface area contributed by atoms with E-state index < -0.39 is 100 Å². The second-order valence-corrected chi connectivity index (χ2v) is 33.6. The fourth-order valence-electron chi connectivity index (χ4n) is 11.6. The summed E-state index contributed by atoms with van der Waals surface area (Å²) in [6.45, 7) is 8.20. The molecule has 11 aromatic carbocycles. The zero-order valence-electron chi connectivity index (χ0n) is 72.8. The number of halogens is 12. The van der Waals surface area contributed by atoms with Crippen molar-refractivity contribution in [1.29, 1.82) is 0 Å². The molecule has 0 amide bonds. The molecule has 26 nitrogen and oxygen atoms in total. The minimum atomic E-state index is -5.81. The predicted molar refractivity (Wildman–Crippen MR) is 460 cm³/mol. The molecule has 0 saturated heterocycles. The van der Waals surface area contributed by atoms with Crippen molar-refractivity contribution in [3.63, 3.8) is 0 Å². The number of esters is 4. The van der Waals surface area contributed by atoms with Crippen molar-refractivity contribution in [2.75, 3.05) is 54.9 Å². The van der Waals surface area contributed by atoms with Crippen LogP contribution in [0, 0.1) is 0 Å². The largest absolute Gasteiger partial charge is 1.00 e. The van der Waals surface area contributed by atoms with Gasteiger partial charge in [-0.15, -0.1) is 0 Å². The number of benzene rings is 11. The number of carbonyl (C=O) groups excluding carboxylic acids is 4. The van der Waals surface area contributed by atoms with Crippen LogP contribution in [0.25, 0.3) is 33.4 Å². The predicted octanol–water partition coefficient (Wildman–Crippen LogP) is 15.6. The second-order valence-electron chi connectivity index (χ2n) is 27.4. The quantitative estimate of drug-likeness (QED) is 0.00389. The zero-order valence-corrected chi connectivity index (χ0v) is 78.1. The van der Waals surface area contributed by atoms with Gasteiger partial charge in [0.05, 0.1) is 123 Å². The Bertz CT molecular complexity index is 6170. The number of hydrogen-bond donors (Lipinski definition) is 4. The fourth-order valence-corrected chi connectivity index (χ4v) is 15.3. The molecule has 0 aliphatic heterocycles. The van der Waals surface area contributed by atoms with Crippen LogP contribution < -0.4 is 57.9 Å². The van der Waals surface area contributed by atoms with Crippen LogP contribution in [-0.4, -0.2) is 136 Å². The number of alkyl halides is 12. The van der Waals surface area contributed by atoms with Crippen LogP contribution in [0.1, 0.15) is 72.2 Å². The molecule has 0 saturated carbocycles. The Morgan fingerprint density at radius 1 is 0.333 bits per heavy atom. The van der Waals surface area contributed by atoms with E-state index in [-0.39, 0.29) is 146 Å². The molecule has 0 spiro atoms. The summed E-state index contributed by atoms with van der Waals surface area (Å²) in [5.74, 6) is -2.60. The zero-order chi connectivity index (χ0) is 99.7. The average Bonchev–Trinajstić information content (AvgIpc) is 0.786. The molecule has 0 heterocycles. The van der Waals surface area contributed by atoms with Crippen molar-refractivity contribution in [3.05, 3.63) is 281 Å². The number of methoxy groups -OCH3 is 4. The van der Waals surface area contributed by atoms with Gasteiger partial charge < -0.3 is 72.1 Å². The van der Waals surface area contributed by atoms with Crippen molar-refractivity contribution in [3.8, 4) is 79.4 Å². The molecule has 43 heteroatoms. The summed E-state index contributed by atoms with van der Waals surface area (Å²) in [6.07, 6.45) is -13.9. The van der Waals surface area contributed by atoms with E-state index in [4.69, 9.17) is 34.3 Å². The van der Waals surface area contributed by atoms with Crippen molar-refractivity contribution in [1.82, 2.24) is 0 Å². The van der Waals surface area contributed by atoms with Crippen LogP contribution in [0.3, 0.4) is 0 Å². The minimum absolute atomic E-state index is 0. The van der Waals surface area contributed by atoms with Gasteiger partial charge in [-0.05, 0) is 234 Å². The molecule has 718 valence electrons. The molecular formula is C92H85F12NaO26S4. The molecule has 4 N–H and O–H groups in total. The van der Waals surface area contributed by atoms with Crippen molar-refractivity contribution in [2.45, 2.75) is 108 Å². The maximum atomic E-state index is 13.3. The van der Waals surface area contributed by atoms with E-state index in [0.29, 0.717) is 80.4 Å². The number of aromatic hydroxyl groups is 3. The van der Waals surface area contributed by atoms with Gasteiger partial charge in [0.25, 0.3) is 0 Å². The van der Waals surface area contributed by atoms with Crippen LogP contribution in [0.5, 0.6) is 46.0 Å². The number of phenols is 3. The molecule has 0 unspecified atom stereocenters. The van der Waals surface area contributed by atoms with Gasteiger partial charge in [-0.1, -0.05) is 72.8 Å². The van der Waals surface area contributed by atoms with Gasteiger partial charge in [0, 0.05) is 35.1 Å². The van der Waals surface area contributed by atoms with Crippen LogP contribution >= 0.6 is 12.0 Å². The summed E-state index contributed by atoms with van der Waals surface area (Å²) in [5.41, 5.74) is -2.71. The number of hydrogen-bond acceptors (Lipinski definition) is 26. The number of carbonyl (C=O) groups is 5. The molecule has 11 rings (SSSR count).